The molecule has 1 unspecified atom stereocenters. The highest BCUT2D eigenvalue weighted by Crippen LogP contribution is 2.25. The van der Waals surface area contributed by atoms with Crippen molar-refractivity contribution in [1.82, 2.24) is 4.90 Å². The van der Waals surface area contributed by atoms with Crippen molar-refractivity contribution in [2.24, 2.45) is 0 Å². The van der Waals surface area contributed by atoms with Gasteiger partial charge in [-0.3, -0.25) is 4.90 Å². The normalized spacial score (nSPS) is 12.6. The van der Waals surface area contributed by atoms with Gasteiger partial charge in [0.15, 0.2) is 0 Å². The van der Waals surface area contributed by atoms with Crippen LogP contribution >= 0.6 is 11.3 Å². The number of carboxylic acids is 1. The number of carbonyl (C=O) groups is 1. The summed E-state index contributed by atoms with van der Waals surface area (Å²) in [6, 6.07) is 8.28. The number of benzene rings is 1. The predicted octanol–water partition coefficient (Wildman–Crippen LogP) is 3.78. The average molecular weight is 293 g/mol. The van der Waals surface area contributed by atoms with Crippen LogP contribution in [0.3, 0.4) is 0 Å². The van der Waals surface area contributed by atoms with Crippen molar-refractivity contribution in [3.05, 3.63) is 57.5 Å². The van der Waals surface area contributed by atoms with Gasteiger partial charge < -0.3 is 5.11 Å². The second kappa shape index (κ2) is 6.15. The Morgan fingerprint density at radius 3 is 2.75 bits per heavy atom. The number of aromatic carboxylic acids is 1. The number of halogens is 1. The number of hydrogen-bond acceptors (Lipinski definition) is 3. The molecule has 0 saturated carbocycles. The molecular weight excluding hydrogens is 277 g/mol. The number of rotatable bonds is 5. The van der Waals surface area contributed by atoms with Gasteiger partial charge in [-0.1, -0.05) is 12.1 Å². The van der Waals surface area contributed by atoms with Gasteiger partial charge >= 0.3 is 5.97 Å². The Labute approximate surface area is 121 Å². The highest BCUT2D eigenvalue weighted by molar-refractivity contribution is 7.10. The third-order valence-corrected chi connectivity index (χ3v) is 4.38. The van der Waals surface area contributed by atoms with Gasteiger partial charge in [-0.2, -0.15) is 0 Å². The molecule has 0 saturated heterocycles. The maximum Gasteiger partial charge on any atom is 0.335 e. The summed E-state index contributed by atoms with van der Waals surface area (Å²) in [4.78, 5) is 14.0. The van der Waals surface area contributed by atoms with Gasteiger partial charge in [0, 0.05) is 23.0 Å². The molecule has 0 bridgehead atoms. The van der Waals surface area contributed by atoms with E-state index in [0.717, 1.165) is 6.07 Å². The van der Waals surface area contributed by atoms with Crippen LogP contribution in [0.1, 0.15) is 33.8 Å². The van der Waals surface area contributed by atoms with E-state index in [2.05, 4.69) is 13.0 Å². The second-order valence-corrected chi connectivity index (χ2v) is 5.70. The van der Waals surface area contributed by atoms with Crippen molar-refractivity contribution in [2.75, 3.05) is 7.05 Å². The molecule has 0 fully saturated rings. The quantitative estimate of drug-likeness (QED) is 0.912. The van der Waals surface area contributed by atoms with E-state index in [1.807, 2.05) is 23.4 Å². The van der Waals surface area contributed by atoms with Gasteiger partial charge in [-0.25, -0.2) is 9.18 Å². The van der Waals surface area contributed by atoms with E-state index in [1.54, 1.807) is 11.3 Å². The Bertz CT molecular complexity index is 598. The van der Waals surface area contributed by atoms with E-state index in [0.29, 0.717) is 12.1 Å². The first-order valence-electron chi connectivity index (χ1n) is 6.24. The Kier molecular flexibility index (Phi) is 4.52. The molecule has 0 aliphatic carbocycles. The minimum Gasteiger partial charge on any atom is -0.478 e. The fraction of sp³-hybridized carbons (Fsp3) is 0.267. The molecular formula is C15H16FNO2S. The van der Waals surface area contributed by atoms with Gasteiger partial charge in [0.05, 0.1) is 5.56 Å². The molecule has 1 N–H and O–H groups in total. The molecule has 5 heteroatoms. The minimum atomic E-state index is -1.12. The second-order valence-electron chi connectivity index (χ2n) is 4.72. The molecule has 0 spiro atoms. The zero-order valence-electron chi connectivity index (χ0n) is 11.3. The van der Waals surface area contributed by atoms with Crippen LogP contribution in [0.2, 0.25) is 0 Å². The lowest BCUT2D eigenvalue weighted by molar-refractivity contribution is 0.0696. The molecule has 0 amide bonds. The number of nitrogens with zero attached hydrogens (tertiary/aromatic N) is 1. The molecule has 1 atom stereocenters. The lowest BCUT2D eigenvalue weighted by Crippen LogP contribution is -2.22. The van der Waals surface area contributed by atoms with E-state index in [4.69, 9.17) is 5.11 Å². The third kappa shape index (κ3) is 3.23. The molecule has 2 rings (SSSR count). The highest BCUT2D eigenvalue weighted by Gasteiger charge is 2.15. The molecule has 3 nitrogen and oxygen atoms in total. The lowest BCUT2D eigenvalue weighted by atomic mass is 10.1. The van der Waals surface area contributed by atoms with Gasteiger partial charge in [0.25, 0.3) is 0 Å². The standard InChI is InChI=1S/C15H16FNO2S/c1-10(14-4-3-7-20-14)17(2)9-12-6-5-11(15(18)19)8-13(12)16/h3-8,10H,9H2,1-2H3,(H,18,19). The Hall–Kier alpha value is -1.72. The van der Waals surface area contributed by atoms with Crippen molar-refractivity contribution in [3.63, 3.8) is 0 Å². The summed E-state index contributed by atoms with van der Waals surface area (Å²) in [6.07, 6.45) is 0. The number of thiophene rings is 1. The van der Waals surface area contributed by atoms with E-state index < -0.39 is 11.8 Å². The van der Waals surface area contributed by atoms with Crippen LogP contribution in [0, 0.1) is 5.82 Å². The highest BCUT2D eigenvalue weighted by atomic mass is 32.1. The smallest absolute Gasteiger partial charge is 0.335 e. The lowest BCUT2D eigenvalue weighted by Gasteiger charge is -2.24. The predicted molar refractivity (Wildman–Crippen MR) is 77.6 cm³/mol. The summed E-state index contributed by atoms with van der Waals surface area (Å²) < 4.78 is 13.9. The first-order valence-corrected chi connectivity index (χ1v) is 7.12. The van der Waals surface area contributed by atoms with Crippen LogP contribution in [0.5, 0.6) is 0 Å². The van der Waals surface area contributed by atoms with Crippen molar-refractivity contribution < 1.29 is 14.3 Å². The zero-order valence-corrected chi connectivity index (χ0v) is 12.2. The van der Waals surface area contributed by atoms with Crippen LogP contribution in [0.25, 0.3) is 0 Å². The van der Waals surface area contributed by atoms with E-state index >= 15 is 0 Å². The summed E-state index contributed by atoms with van der Waals surface area (Å²) in [5.41, 5.74) is 0.473. The monoisotopic (exact) mass is 293 g/mol. The number of carboxylic acid groups (broad SMARTS) is 1. The van der Waals surface area contributed by atoms with Crippen LogP contribution < -0.4 is 0 Å². The van der Waals surface area contributed by atoms with E-state index in [1.165, 1.54) is 17.0 Å². The van der Waals surface area contributed by atoms with E-state index in [9.17, 15) is 9.18 Å². The summed E-state index contributed by atoms with van der Waals surface area (Å²) in [5, 5.41) is 10.8. The SMILES string of the molecule is CC(c1cccs1)N(C)Cc1ccc(C(=O)O)cc1F. The molecule has 20 heavy (non-hydrogen) atoms. The van der Waals surface area contributed by atoms with Crippen LogP contribution in [-0.2, 0) is 6.54 Å². The van der Waals surface area contributed by atoms with Crippen LogP contribution in [0.4, 0.5) is 4.39 Å². The van der Waals surface area contributed by atoms with Gasteiger partial charge in [0.1, 0.15) is 5.82 Å². The van der Waals surface area contributed by atoms with Crippen molar-refractivity contribution in [1.29, 1.82) is 0 Å². The van der Waals surface area contributed by atoms with Gasteiger partial charge in [-0.05, 0) is 37.6 Å². The summed E-state index contributed by atoms with van der Waals surface area (Å²) in [5.74, 6) is -1.59. The van der Waals surface area contributed by atoms with Crippen LogP contribution in [-0.4, -0.2) is 23.0 Å². The largest absolute Gasteiger partial charge is 0.478 e. The first kappa shape index (κ1) is 14.7. The van der Waals surface area contributed by atoms with Crippen molar-refractivity contribution >= 4 is 17.3 Å². The molecule has 106 valence electrons. The molecule has 0 aliphatic rings. The van der Waals surface area contributed by atoms with Crippen molar-refractivity contribution in [3.8, 4) is 0 Å². The molecule has 1 aromatic carbocycles. The zero-order chi connectivity index (χ0) is 14.7. The molecule has 0 aliphatic heterocycles. The van der Waals surface area contributed by atoms with Crippen LogP contribution in [0.15, 0.2) is 35.7 Å². The molecule has 1 aromatic heterocycles. The Morgan fingerprint density at radius 2 is 2.20 bits per heavy atom. The van der Waals surface area contributed by atoms with Gasteiger partial charge in [-0.15, -0.1) is 11.3 Å². The summed E-state index contributed by atoms with van der Waals surface area (Å²) in [6.45, 7) is 2.50. The average Bonchev–Trinajstić information content (AvgIpc) is 2.93. The molecule has 1 heterocycles. The summed E-state index contributed by atoms with van der Waals surface area (Å²) in [7, 11) is 1.93. The minimum absolute atomic E-state index is 0.0276. The third-order valence-electron chi connectivity index (χ3n) is 3.34. The topological polar surface area (TPSA) is 40.5 Å². The molecule has 0 radical (unpaired) electrons. The number of hydrogen-bond donors (Lipinski definition) is 1. The fourth-order valence-electron chi connectivity index (χ4n) is 1.96. The fourth-order valence-corrected chi connectivity index (χ4v) is 2.81. The van der Waals surface area contributed by atoms with Gasteiger partial charge in [0.2, 0.25) is 0 Å². The molecule has 2 aromatic rings. The first-order chi connectivity index (χ1) is 9.49. The van der Waals surface area contributed by atoms with E-state index in [-0.39, 0.29) is 11.6 Å². The summed E-state index contributed by atoms with van der Waals surface area (Å²) >= 11 is 1.67. The van der Waals surface area contributed by atoms with Crippen molar-refractivity contribution in [2.45, 2.75) is 19.5 Å². The maximum atomic E-state index is 13.9. The Morgan fingerprint density at radius 1 is 1.45 bits per heavy atom. The maximum absolute atomic E-state index is 13.9. The Balaban J connectivity index is 2.11.